The van der Waals surface area contributed by atoms with Crippen LogP contribution >= 0.6 is 34.2 Å². The number of nitrogens with zero attached hydrogens (tertiary/aromatic N) is 1. The summed E-state index contributed by atoms with van der Waals surface area (Å²) < 4.78 is 6.39. The number of ether oxygens (including phenoxy) is 1. The number of halogens is 2. The molecule has 1 rings (SSSR count). The fraction of sp³-hybridized carbons (Fsp3) is 0.357. The van der Waals surface area contributed by atoms with E-state index in [2.05, 4.69) is 22.6 Å². The molecule has 0 unspecified atom stereocenters. The van der Waals surface area contributed by atoms with Crippen LogP contribution in [0.15, 0.2) is 35.9 Å². The summed E-state index contributed by atoms with van der Waals surface area (Å²) in [6, 6.07) is 7.64. The first-order chi connectivity index (χ1) is 8.85. The van der Waals surface area contributed by atoms with E-state index < -0.39 is 5.60 Å². The van der Waals surface area contributed by atoms with E-state index in [0.29, 0.717) is 6.54 Å². The molecule has 0 saturated heterocycles. The summed E-state index contributed by atoms with van der Waals surface area (Å²) >= 11 is 7.74. The predicted molar refractivity (Wildman–Crippen MR) is 87.7 cm³/mol. The number of anilines is 1. The molecule has 0 heterocycles. The van der Waals surface area contributed by atoms with Gasteiger partial charge in [0.15, 0.2) is 0 Å². The zero-order valence-corrected chi connectivity index (χ0v) is 14.1. The standard InChI is InChI=1S/C14H17ClINO2/c1-14(2,3)19-13(18)17(10-6-9-15)12-8-5-4-7-11(12)16/h4-9H,10H2,1-3H3/b9-6+. The summed E-state index contributed by atoms with van der Waals surface area (Å²) in [4.78, 5) is 13.8. The van der Waals surface area contributed by atoms with E-state index in [-0.39, 0.29) is 6.09 Å². The van der Waals surface area contributed by atoms with Crippen LogP contribution in [0.5, 0.6) is 0 Å². The van der Waals surface area contributed by atoms with Gasteiger partial charge in [0.2, 0.25) is 0 Å². The zero-order valence-electron chi connectivity index (χ0n) is 11.2. The summed E-state index contributed by atoms with van der Waals surface area (Å²) in [5, 5.41) is 0. The highest BCUT2D eigenvalue weighted by Gasteiger charge is 2.23. The van der Waals surface area contributed by atoms with Crippen LogP contribution in [0, 0.1) is 3.57 Å². The highest BCUT2D eigenvalue weighted by molar-refractivity contribution is 14.1. The lowest BCUT2D eigenvalue weighted by Crippen LogP contribution is -2.37. The fourth-order valence-electron chi connectivity index (χ4n) is 1.40. The molecule has 0 spiro atoms. The molecule has 0 fully saturated rings. The number of benzene rings is 1. The average Bonchev–Trinajstić information content (AvgIpc) is 2.29. The molecular weight excluding hydrogens is 377 g/mol. The molecule has 19 heavy (non-hydrogen) atoms. The SMILES string of the molecule is CC(C)(C)OC(=O)N(C/C=C/Cl)c1ccccc1I. The van der Waals surface area contributed by atoms with Gasteiger partial charge in [-0.1, -0.05) is 29.8 Å². The predicted octanol–water partition coefficient (Wildman–Crippen LogP) is 4.79. The molecule has 0 aromatic heterocycles. The van der Waals surface area contributed by atoms with Crippen molar-refractivity contribution in [3.63, 3.8) is 0 Å². The van der Waals surface area contributed by atoms with E-state index in [0.717, 1.165) is 9.26 Å². The lowest BCUT2D eigenvalue weighted by molar-refractivity contribution is 0.0584. The first-order valence-electron chi connectivity index (χ1n) is 5.85. The molecule has 0 aliphatic rings. The van der Waals surface area contributed by atoms with E-state index in [1.807, 2.05) is 45.0 Å². The number of para-hydroxylation sites is 1. The van der Waals surface area contributed by atoms with Crippen molar-refractivity contribution >= 4 is 46.0 Å². The monoisotopic (exact) mass is 393 g/mol. The van der Waals surface area contributed by atoms with Crippen LogP contribution in [0.2, 0.25) is 0 Å². The maximum absolute atomic E-state index is 12.2. The topological polar surface area (TPSA) is 29.5 Å². The van der Waals surface area contributed by atoms with Crippen molar-refractivity contribution in [2.75, 3.05) is 11.4 Å². The maximum Gasteiger partial charge on any atom is 0.415 e. The molecule has 0 aliphatic carbocycles. The molecular formula is C14H17ClINO2. The fourth-order valence-corrected chi connectivity index (χ4v) is 2.16. The van der Waals surface area contributed by atoms with Crippen LogP contribution < -0.4 is 4.90 Å². The Morgan fingerprint density at radius 2 is 2.05 bits per heavy atom. The number of amides is 1. The van der Waals surface area contributed by atoms with Crippen LogP contribution in [0.3, 0.4) is 0 Å². The van der Waals surface area contributed by atoms with Crippen LogP contribution in [0.4, 0.5) is 10.5 Å². The largest absolute Gasteiger partial charge is 0.443 e. The van der Waals surface area contributed by atoms with Crippen LogP contribution in [-0.2, 0) is 4.74 Å². The van der Waals surface area contributed by atoms with E-state index in [1.54, 1.807) is 11.0 Å². The van der Waals surface area contributed by atoms with Crippen molar-refractivity contribution in [3.8, 4) is 0 Å². The third kappa shape index (κ3) is 5.40. The smallest absolute Gasteiger partial charge is 0.415 e. The van der Waals surface area contributed by atoms with Gasteiger partial charge in [-0.3, -0.25) is 4.90 Å². The summed E-state index contributed by atoms with van der Waals surface area (Å²) in [7, 11) is 0. The first kappa shape index (κ1) is 16.3. The van der Waals surface area contributed by atoms with Gasteiger partial charge >= 0.3 is 6.09 Å². The Morgan fingerprint density at radius 3 is 2.58 bits per heavy atom. The summed E-state index contributed by atoms with van der Waals surface area (Å²) in [6.07, 6.45) is 1.32. The molecule has 1 amide bonds. The van der Waals surface area contributed by atoms with Gasteiger partial charge in [-0.2, -0.15) is 0 Å². The van der Waals surface area contributed by atoms with E-state index in [9.17, 15) is 4.79 Å². The lowest BCUT2D eigenvalue weighted by atomic mass is 10.2. The zero-order chi connectivity index (χ0) is 14.5. The van der Waals surface area contributed by atoms with Gasteiger partial charge in [0.1, 0.15) is 5.60 Å². The van der Waals surface area contributed by atoms with Gasteiger partial charge in [-0.05, 0) is 55.5 Å². The molecule has 0 atom stereocenters. The van der Waals surface area contributed by atoms with Gasteiger partial charge in [-0.15, -0.1) is 0 Å². The molecule has 0 N–H and O–H groups in total. The maximum atomic E-state index is 12.2. The second kappa shape index (κ2) is 7.14. The third-order valence-corrected chi connectivity index (χ3v) is 3.22. The molecule has 0 radical (unpaired) electrons. The summed E-state index contributed by atoms with van der Waals surface area (Å²) in [5.74, 6) is 0. The molecule has 0 bridgehead atoms. The number of hydrogen-bond donors (Lipinski definition) is 0. The molecule has 1 aromatic rings. The Bertz CT molecular complexity index is 469. The van der Waals surface area contributed by atoms with Crippen molar-refractivity contribution in [1.82, 2.24) is 0 Å². The van der Waals surface area contributed by atoms with E-state index >= 15 is 0 Å². The van der Waals surface area contributed by atoms with Gasteiger partial charge in [-0.25, -0.2) is 4.79 Å². The van der Waals surface area contributed by atoms with Gasteiger partial charge in [0.25, 0.3) is 0 Å². The first-order valence-corrected chi connectivity index (χ1v) is 7.37. The Morgan fingerprint density at radius 1 is 1.42 bits per heavy atom. The quantitative estimate of drug-likeness (QED) is 0.691. The second-order valence-corrected chi connectivity index (χ2v) is 6.32. The van der Waals surface area contributed by atoms with Crippen LogP contribution in [0.25, 0.3) is 0 Å². The van der Waals surface area contributed by atoms with E-state index in [4.69, 9.17) is 16.3 Å². The Kier molecular flexibility index (Phi) is 6.13. The molecule has 0 aliphatic heterocycles. The number of carbonyl (C=O) groups excluding carboxylic acids is 1. The molecule has 104 valence electrons. The number of carbonyl (C=O) groups is 1. The lowest BCUT2D eigenvalue weighted by Gasteiger charge is -2.27. The van der Waals surface area contributed by atoms with Crippen molar-refractivity contribution in [2.45, 2.75) is 26.4 Å². The van der Waals surface area contributed by atoms with Crippen molar-refractivity contribution < 1.29 is 9.53 Å². The summed E-state index contributed by atoms with van der Waals surface area (Å²) in [5.41, 5.74) is 1.68. The summed E-state index contributed by atoms with van der Waals surface area (Å²) in [6.45, 7) is 5.90. The van der Waals surface area contributed by atoms with Gasteiger partial charge in [0, 0.05) is 15.7 Å². The average molecular weight is 394 g/mol. The van der Waals surface area contributed by atoms with Crippen molar-refractivity contribution in [2.24, 2.45) is 0 Å². The van der Waals surface area contributed by atoms with E-state index in [1.165, 1.54) is 5.54 Å². The second-order valence-electron chi connectivity index (χ2n) is 4.90. The van der Waals surface area contributed by atoms with Gasteiger partial charge in [0.05, 0.1) is 5.69 Å². The van der Waals surface area contributed by atoms with Crippen molar-refractivity contribution in [3.05, 3.63) is 39.4 Å². The van der Waals surface area contributed by atoms with Crippen LogP contribution in [0.1, 0.15) is 20.8 Å². The van der Waals surface area contributed by atoms with Crippen LogP contribution in [-0.4, -0.2) is 18.2 Å². The normalized spacial score (nSPS) is 11.6. The number of hydrogen-bond acceptors (Lipinski definition) is 2. The Labute approximate surface area is 132 Å². The molecule has 1 aromatic carbocycles. The Balaban J connectivity index is 3.02. The minimum absolute atomic E-state index is 0.373. The molecule has 3 nitrogen and oxygen atoms in total. The number of rotatable bonds is 3. The van der Waals surface area contributed by atoms with Crippen molar-refractivity contribution in [1.29, 1.82) is 0 Å². The highest BCUT2D eigenvalue weighted by Crippen LogP contribution is 2.24. The Hall–Kier alpha value is -0.750. The third-order valence-electron chi connectivity index (χ3n) is 2.13. The molecule has 5 heteroatoms. The highest BCUT2D eigenvalue weighted by atomic mass is 127. The minimum Gasteiger partial charge on any atom is -0.443 e. The minimum atomic E-state index is -0.528. The molecule has 0 saturated carbocycles. The van der Waals surface area contributed by atoms with Gasteiger partial charge < -0.3 is 4.74 Å².